The van der Waals surface area contributed by atoms with Crippen molar-refractivity contribution in [1.82, 2.24) is 0 Å². The fourth-order valence-electron chi connectivity index (χ4n) is 3.85. The first-order valence-electron chi connectivity index (χ1n) is 8.29. The average Bonchev–Trinajstić information content (AvgIpc) is 2.61. The monoisotopic (exact) mass is 458 g/mol. The van der Waals surface area contributed by atoms with E-state index in [2.05, 4.69) is 22.6 Å². The molecule has 4 rings (SSSR count). The van der Waals surface area contributed by atoms with Crippen LogP contribution >= 0.6 is 22.6 Å². The summed E-state index contributed by atoms with van der Waals surface area (Å²) in [6.45, 7) is 0. The van der Waals surface area contributed by atoms with Gasteiger partial charge in [0.05, 0.1) is 0 Å². The number of rotatable bonds is 1. The van der Waals surface area contributed by atoms with Crippen LogP contribution in [0.1, 0.15) is 37.2 Å². The molecule has 0 atom stereocenters. The van der Waals surface area contributed by atoms with Crippen LogP contribution < -0.4 is 0 Å². The number of hydrogen-bond donors (Lipinski definition) is 0. The molecule has 1 fully saturated rings. The summed E-state index contributed by atoms with van der Waals surface area (Å²) < 4.78 is 58.1. The van der Waals surface area contributed by atoms with E-state index >= 15 is 0 Å². The first-order chi connectivity index (χ1) is 12.0. The molecule has 0 N–H and O–H groups in total. The van der Waals surface area contributed by atoms with Crippen molar-refractivity contribution in [2.45, 2.75) is 35.5 Å². The first-order valence-corrected chi connectivity index (χ1v) is 9.54. The molecule has 0 aromatic heterocycles. The van der Waals surface area contributed by atoms with E-state index in [9.17, 15) is 17.6 Å². The molecular formula is C20H15F4I. The highest BCUT2D eigenvalue weighted by molar-refractivity contribution is 14.1. The normalized spacial score (nSPS) is 21.2. The van der Waals surface area contributed by atoms with Crippen molar-refractivity contribution in [1.29, 1.82) is 0 Å². The maximum absolute atomic E-state index is 14.9. The van der Waals surface area contributed by atoms with Gasteiger partial charge in [0.2, 0.25) is 0 Å². The first kappa shape index (κ1) is 17.1. The molecule has 0 nitrogen and oxygen atoms in total. The number of halogens is 5. The SMILES string of the molecule is Fc1ccc2ccc3cc(C4CCC(I)CC4)c(F)c(F)c3c2c1F. The maximum Gasteiger partial charge on any atom is 0.167 e. The van der Waals surface area contributed by atoms with Crippen molar-refractivity contribution < 1.29 is 17.6 Å². The summed E-state index contributed by atoms with van der Waals surface area (Å²) in [7, 11) is 0. The fraction of sp³-hybridized carbons (Fsp3) is 0.300. The Hall–Kier alpha value is -1.37. The van der Waals surface area contributed by atoms with E-state index in [4.69, 9.17) is 0 Å². The molecule has 0 spiro atoms. The molecule has 0 saturated heterocycles. The number of alkyl halides is 1. The van der Waals surface area contributed by atoms with E-state index in [0.29, 0.717) is 20.3 Å². The van der Waals surface area contributed by atoms with Crippen LogP contribution in [0.2, 0.25) is 0 Å². The molecule has 5 heteroatoms. The van der Waals surface area contributed by atoms with Crippen molar-refractivity contribution in [2.24, 2.45) is 0 Å². The van der Waals surface area contributed by atoms with Crippen molar-refractivity contribution >= 4 is 44.1 Å². The van der Waals surface area contributed by atoms with E-state index < -0.39 is 23.3 Å². The van der Waals surface area contributed by atoms with Gasteiger partial charge in [0.25, 0.3) is 0 Å². The lowest BCUT2D eigenvalue weighted by Gasteiger charge is -2.26. The second-order valence-electron chi connectivity index (χ2n) is 6.67. The number of fused-ring (bicyclic) bond motifs is 3. The Morgan fingerprint density at radius 1 is 0.720 bits per heavy atom. The Balaban J connectivity index is 1.97. The molecule has 3 aromatic rings. The maximum atomic E-state index is 14.9. The minimum Gasteiger partial charge on any atom is -0.204 e. The second-order valence-corrected chi connectivity index (χ2v) is 8.43. The summed E-state index contributed by atoms with van der Waals surface area (Å²) in [4.78, 5) is 0. The highest BCUT2D eigenvalue weighted by Gasteiger charge is 2.26. The van der Waals surface area contributed by atoms with Gasteiger partial charge in [-0.15, -0.1) is 0 Å². The van der Waals surface area contributed by atoms with Gasteiger partial charge in [0, 0.05) is 14.7 Å². The summed E-state index contributed by atoms with van der Waals surface area (Å²) in [5, 5.41) is 0.375. The van der Waals surface area contributed by atoms with Crippen LogP contribution in [0, 0.1) is 23.3 Å². The lowest BCUT2D eigenvalue weighted by Crippen LogP contribution is -2.14. The van der Waals surface area contributed by atoms with Gasteiger partial charge in [-0.25, -0.2) is 17.6 Å². The van der Waals surface area contributed by atoms with E-state index in [-0.39, 0.29) is 16.7 Å². The summed E-state index contributed by atoms with van der Waals surface area (Å²) in [5.41, 5.74) is 0.351. The van der Waals surface area contributed by atoms with E-state index in [1.807, 2.05) is 0 Å². The van der Waals surface area contributed by atoms with Crippen LogP contribution in [0.3, 0.4) is 0 Å². The molecule has 0 radical (unpaired) electrons. The van der Waals surface area contributed by atoms with Gasteiger partial charge in [-0.3, -0.25) is 0 Å². The molecular weight excluding hydrogens is 443 g/mol. The van der Waals surface area contributed by atoms with Crippen LogP contribution in [-0.2, 0) is 0 Å². The zero-order valence-electron chi connectivity index (χ0n) is 13.3. The molecule has 0 amide bonds. The Morgan fingerprint density at radius 2 is 1.32 bits per heavy atom. The van der Waals surface area contributed by atoms with Gasteiger partial charge in [0.15, 0.2) is 23.3 Å². The topological polar surface area (TPSA) is 0 Å². The van der Waals surface area contributed by atoms with Gasteiger partial charge in [-0.2, -0.15) is 0 Å². The van der Waals surface area contributed by atoms with Gasteiger partial charge < -0.3 is 0 Å². The third-order valence-electron chi connectivity index (χ3n) is 5.18. The molecule has 25 heavy (non-hydrogen) atoms. The minimum atomic E-state index is -1.14. The zero-order chi connectivity index (χ0) is 17.7. The van der Waals surface area contributed by atoms with Crippen molar-refractivity contribution in [2.75, 3.05) is 0 Å². The minimum absolute atomic E-state index is 0.0297. The Kier molecular flexibility index (Phi) is 4.38. The van der Waals surface area contributed by atoms with Crippen LogP contribution in [0.4, 0.5) is 17.6 Å². The molecule has 0 heterocycles. The lowest BCUT2D eigenvalue weighted by atomic mass is 9.82. The second kappa shape index (κ2) is 6.41. The fourth-order valence-corrected chi connectivity index (χ4v) is 4.57. The van der Waals surface area contributed by atoms with E-state index in [1.165, 1.54) is 6.07 Å². The predicted molar refractivity (Wildman–Crippen MR) is 100 cm³/mol. The number of benzene rings is 3. The smallest absolute Gasteiger partial charge is 0.167 e. The van der Waals surface area contributed by atoms with Crippen LogP contribution in [0.15, 0.2) is 30.3 Å². The van der Waals surface area contributed by atoms with Crippen LogP contribution in [0.5, 0.6) is 0 Å². The number of hydrogen-bond acceptors (Lipinski definition) is 0. The van der Waals surface area contributed by atoms with Gasteiger partial charge in [-0.05, 0) is 60.1 Å². The van der Waals surface area contributed by atoms with E-state index in [0.717, 1.165) is 31.7 Å². The predicted octanol–water partition coefficient (Wildman–Crippen LogP) is 7.01. The lowest BCUT2D eigenvalue weighted by molar-refractivity contribution is 0.432. The molecule has 0 aliphatic heterocycles. The summed E-state index contributed by atoms with van der Waals surface area (Å²) in [6, 6.07) is 7.23. The summed E-state index contributed by atoms with van der Waals surface area (Å²) in [5.74, 6) is -4.25. The molecule has 3 aromatic carbocycles. The van der Waals surface area contributed by atoms with Crippen molar-refractivity contribution in [3.05, 3.63) is 59.2 Å². The van der Waals surface area contributed by atoms with Gasteiger partial charge >= 0.3 is 0 Å². The zero-order valence-corrected chi connectivity index (χ0v) is 15.4. The summed E-state index contributed by atoms with van der Waals surface area (Å²) >= 11 is 2.39. The summed E-state index contributed by atoms with van der Waals surface area (Å²) in [6.07, 6.45) is 3.57. The Bertz CT molecular complexity index is 975. The van der Waals surface area contributed by atoms with Crippen LogP contribution in [-0.4, -0.2) is 3.92 Å². The Morgan fingerprint density at radius 3 is 2.04 bits per heavy atom. The van der Waals surface area contributed by atoms with Crippen molar-refractivity contribution in [3.8, 4) is 0 Å². The van der Waals surface area contributed by atoms with Gasteiger partial charge in [-0.1, -0.05) is 40.8 Å². The Labute approximate surface area is 156 Å². The van der Waals surface area contributed by atoms with Crippen molar-refractivity contribution in [3.63, 3.8) is 0 Å². The van der Waals surface area contributed by atoms with Crippen LogP contribution in [0.25, 0.3) is 21.5 Å². The highest BCUT2D eigenvalue weighted by atomic mass is 127. The average molecular weight is 458 g/mol. The molecule has 1 aliphatic rings. The molecule has 0 unspecified atom stereocenters. The molecule has 1 aliphatic carbocycles. The molecule has 0 bridgehead atoms. The molecule has 130 valence electrons. The third kappa shape index (κ3) is 2.80. The van der Waals surface area contributed by atoms with Gasteiger partial charge in [0.1, 0.15) is 0 Å². The largest absolute Gasteiger partial charge is 0.204 e. The quantitative estimate of drug-likeness (QED) is 0.159. The third-order valence-corrected chi connectivity index (χ3v) is 6.43. The molecule has 1 saturated carbocycles. The standard InChI is InChI=1S/C20H15F4I/c21-15-8-5-11-1-2-12-9-14(10-3-6-13(25)7-4-10)18(22)20(24)17(12)16(11)19(15)23/h1-2,5,8-10,13H,3-4,6-7H2. The highest BCUT2D eigenvalue weighted by Crippen LogP contribution is 2.40. The van der Waals surface area contributed by atoms with E-state index in [1.54, 1.807) is 18.2 Å².